The minimum absolute atomic E-state index is 0.288. The maximum absolute atomic E-state index is 13.9. The fourth-order valence-corrected chi connectivity index (χ4v) is 4.49. The van der Waals surface area contributed by atoms with Crippen LogP contribution >= 0.6 is 0 Å². The van der Waals surface area contributed by atoms with Crippen LogP contribution in [-0.4, -0.2) is 46.4 Å². The van der Waals surface area contributed by atoms with Gasteiger partial charge in [0.05, 0.1) is 7.11 Å². The Labute approximate surface area is 141 Å². The molecule has 1 aliphatic heterocycles. The molecule has 2 aromatic rings. The first kappa shape index (κ1) is 16.9. The number of halogens is 1. The van der Waals surface area contributed by atoms with E-state index < -0.39 is 9.73 Å². The molecule has 0 saturated carbocycles. The smallest absolute Gasteiger partial charge is 0.148 e. The van der Waals surface area contributed by atoms with E-state index in [9.17, 15) is 8.60 Å². The number of ether oxygens (including phenoxy) is 1. The lowest BCUT2D eigenvalue weighted by molar-refractivity contribution is 0.415. The minimum Gasteiger partial charge on any atom is -0.494 e. The van der Waals surface area contributed by atoms with Crippen molar-refractivity contribution in [2.75, 3.05) is 37.1 Å². The van der Waals surface area contributed by atoms with Gasteiger partial charge >= 0.3 is 0 Å². The van der Waals surface area contributed by atoms with Crippen molar-refractivity contribution in [1.29, 1.82) is 4.78 Å². The van der Waals surface area contributed by atoms with Gasteiger partial charge in [-0.05, 0) is 24.8 Å². The van der Waals surface area contributed by atoms with Gasteiger partial charge < -0.3 is 9.64 Å². The van der Waals surface area contributed by atoms with Gasteiger partial charge in [-0.2, -0.15) is 0 Å². The van der Waals surface area contributed by atoms with Gasteiger partial charge in [0.2, 0.25) is 0 Å². The van der Waals surface area contributed by atoms with Gasteiger partial charge in [-0.25, -0.2) is 14.4 Å². The number of rotatable bonds is 4. The average molecular weight is 352 g/mol. The highest BCUT2D eigenvalue weighted by atomic mass is 32.2. The Hall–Kier alpha value is -1.96. The standard InChI is InChI=1S/C16H21FN4O2S/c1-23-14-8-12(17)7-13-15(14)19-10-20-16(13)21-5-3-11(4-6-21)9-24(2,18)22/h7-8,10-11,18H,3-6,9H2,1-2H3/t24-/m1/s1. The van der Waals surface area contributed by atoms with Crippen LogP contribution in [0.1, 0.15) is 12.8 Å². The van der Waals surface area contributed by atoms with Crippen LogP contribution in [0.4, 0.5) is 10.2 Å². The number of methoxy groups -OCH3 is 1. The van der Waals surface area contributed by atoms with Crippen LogP contribution in [0.5, 0.6) is 5.75 Å². The largest absolute Gasteiger partial charge is 0.494 e. The van der Waals surface area contributed by atoms with Crippen LogP contribution in [0.15, 0.2) is 18.5 Å². The SMILES string of the molecule is COc1cc(F)cc2c(N3CCC(C[S@](C)(=N)=O)CC3)ncnc12. The molecule has 0 amide bonds. The number of benzene rings is 1. The topological polar surface area (TPSA) is 79.2 Å². The molecule has 1 saturated heterocycles. The van der Waals surface area contributed by atoms with Crippen molar-refractivity contribution in [2.24, 2.45) is 5.92 Å². The molecule has 1 N–H and O–H groups in total. The van der Waals surface area contributed by atoms with E-state index >= 15 is 0 Å². The number of anilines is 1. The number of hydrogen-bond donors (Lipinski definition) is 1. The molecule has 1 aromatic heterocycles. The van der Waals surface area contributed by atoms with Crippen LogP contribution in [0.2, 0.25) is 0 Å². The van der Waals surface area contributed by atoms with E-state index in [-0.39, 0.29) is 11.7 Å². The molecule has 0 aliphatic carbocycles. The second-order valence-electron chi connectivity index (χ2n) is 6.30. The van der Waals surface area contributed by atoms with E-state index in [1.807, 2.05) is 0 Å². The minimum atomic E-state index is -2.47. The quantitative estimate of drug-likeness (QED) is 0.915. The van der Waals surface area contributed by atoms with E-state index in [1.165, 1.54) is 31.8 Å². The van der Waals surface area contributed by atoms with Gasteiger partial charge in [-0.1, -0.05) is 0 Å². The molecule has 0 radical (unpaired) electrons. The van der Waals surface area contributed by atoms with E-state index in [0.29, 0.717) is 28.2 Å². The lowest BCUT2D eigenvalue weighted by Crippen LogP contribution is -2.36. The molecule has 3 rings (SSSR count). The Morgan fingerprint density at radius 3 is 2.71 bits per heavy atom. The van der Waals surface area contributed by atoms with Crippen molar-refractivity contribution in [3.05, 3.63) is 24.3 Å². The van der Waals surface area contributed by atoms with E-state index in [1.54, 1.807) is 0 Å². The summed E-state index contributed by atoms with van der Waals surface area (Å²) < 4.78 is 38.4. The number of nitrogens with zero attached hydrogens (tertiary/aromatic N) is 3. The van der Waals surface area contributed by atoms with Crippen molar-refractivity contribution in [1.82, 2.24) is 9.97 Å². The summed E-state index contributed by atoms with van der Waals surface area (Å²) in [6.07, 6.45) is 4.66. The zero-order valence-corrected chi connectivity index (χ0v) is 14.6. The van der Waals surface area contributed by atoms with Crippen LogP contribution < -0.4 is 9.64 Å². The molecular formula is C16H21FN4O2S. The summed E-state index contributed by atoms with van der Waals surface area (Å²) in [7, 11) is -0.975. The normalized spacial score (nSPS) is 18.5. The molecular weight excluding hydrogens is 331 g/mol. The summed E-state index contributed by atoms with van der Waals surface area (Å²) in [5.41, 5.74) is 0.591. The summed E-state index contributed by atoms with van der Waals surface area (Å²) >= 11 is 0. The fourth-order valence-electron chi connectivity index (χ4n) is 3.26. The zero-order chi connectivity index (χ0) is 17.3. The van der Waals surface area contributed by atoms with Crippen molar-refractivity contribution in [2.45, 2.75) is 12.8 Å². The van der Waals surface area contributed by atoms with Gasteiger partial charge in [0.25, 0.3) is 0 Å². The highest BCUT2D eigenvalue weighted by Crippen LogP contribution is 2.32. The highest BCUT2D eigenvalue weighted by molar-refractivity contribution is 7.91. The predicted molar refractivity (Wildman–Crippen MR) is 92.6 cm³/mol. The molecule has 8 heteroatoms. The van der Waals surface area contributed by atoms with Crippen LogP contribution in [0.25, 0.3) is 10.9 Å². The highest BCUT2D eigenvalue weighted by Gasteiger charge is 2.24. The summed E-state index contributed by atoms with van der Waals surface area (Å²) in [4.78, 5) is 10.7. The number of nitrogens with one attached hydrogen (secondary N) is 1. The second kappa shape index (κ2) is 6.51. The van der Waals surface area contributed by atoms with Gasteiger partial charge in [-0.3, -0.25) is 8.99 Å². The summed E-state index contributed by atoms with van der Waals surface area (Å²) in [5, 5.41) is 0.632. The average Bonchev–Trinajstić information content (AvgIpc) is 2.53. The summed E-state index contributed by atoms with van der Waals surface area (Å²) in [6.45, 7) is 1.48. The first-order valence-electron chi connectivity index (χ1n) is 7.82. The fraction of sp³-hybridized carbons (Fsp3) is 0.500. The molecule has 1 aliphatic rings. The van der Waals surface area contributed by atoms with Crippen molar-refractivity contribution in [3.8, 4) is 5.75 Å². The molecule has 0 unspecified atom stereocenters. The third-order valence-electron chi connectivity index (χ3n) is 4.34. The van der Waals surface area contributed by atoms with Gasteiger partial charge in [0, 0.05) is 46.3 Å². The molecule has 24 heavy (non-hydrogen) atoms. The van der Waals surface area contributed by atoms with E-state index in [0.717, 1.165) is 25.9 Å². The van der Waals surface area contributed by atoms with Crippen LogP contribution in [-0.2, 0) is 9.73 Å². The second-order valence-corrected chi connectivity index (χ2v) is 8.65. The number of piperidine rings is 1. The molecule has 1 aromatic carbocycles. The molecule has 130 valence electrons. The lowest BCUT2D eigenvalue weighted by Gasteiger charge is -2.33. The molecule has 0 spiro atoms. The van der Waals surface area contributed by atoms with Crippen molar-refractivity contribution >= 4 is 26.4 Å². The Morgan fingerprint density at radius 2 is 2.08 bits per heavy atom. The van der Waals surface area contributed by atoms with E-state index in [2.05, 4.69) is 14.9 Å². The Morgan fingerprint density at radius 1 is 1.38 bits per heavy atom. The van der Waals surface area contributed by atoms with Gasteiger partial charge in [0.1, 0.15) is 29.2 Å². The Kier molecular flexibility index (Phi) is 4.58. The van der Waals surface area contributed by atoms with Gasteiger partial charge in [0.15, 0.2) is 0 Å². The van der Waals surface area contributed by atoms with Crippen molar-refractivity contribution < 1.29 is 13.3 Å². The summed E-state index contributed by atoms with van der Waals surface area (Å²) in [5.74, 6) is 1.43. The Balaban J connectivity index is 1.87. The monoisotopic (exact) mass is 352 g/mol. The lowest BCUT2D eigenvalue weighted by atomic mass is 9.98. The molecule has 1 fully saturated rings. The molecule has 1 atom stereocenters. The zero-order valence-electron chi connectivity index (χ0n) is 13.8. The number of aromatic nitrogens is 2. The van der Waals surface area contributed by atoms with Crippen LogP contribution in [0.3, 0.4) is 0 Å². The number of hydrogen-bond acceptors (Lipinski definition) is 6. The maximum atomic E-state index is 13.9. The first-order chi connectivity index (χ1) is 11.4. The van der Waals surface area contributed by atoms with Crippen LogP contribution in [0, 0.1) is 16.5 Å². The summed E-state index contributed by atoms with van der Waals surface area (Å²) in [6, 6.07) is 2.75. The molecule has 0 bridgehead atoms. The molecule has 2 heterocycles. The number of fused-ring (bicyclic) bond motifs is 1. The third-order valence-corrected chi connectivity index (χ3v) is 5.44. The van der Waals surface area contributed by atoms with E-state index in [4.69, 9.17) is 9.52 Å². The van der Waals surface area contributed by atoms with Gasteiger partial charge in [-0.15, -0.1) is 0 Å². The molecule has 6 nitrogen and oxygen atoms in total. The first-order valence-corrected chi connectivity index (χ1v) is 9.95. The maximum Gasteiger partial charge on any atom is 0.148 e. The predicted octanol–water partition coefficient (Wildman–Crippen LogP) is 2.67. The van der Waals surface area contributed by atoms with Crippen molar-refractivity contribution in [3.63, 3.8) is 0 Å². The Bertz CT molecular complexity index is 849. The third kappa shape index (κ3) is 3.58.